The van der Waals surface area contributed by atoms with Crippen LogP contribution in [-0.4, -0.2) is 42.1 Å². The quantitative estimate of drug-likeness (QED) is 0.281. The Hall–Kier alpha value is -4.11. The predicted octanol–water partition coefficient (Wildman–Crippen LogP) is 4.93. The third-order valence-corrected chi connectivity index (χ3v) is 8.00. The third-order valence-electron chi connectivity index (χ3n) is 6.41. The van der Waals surface area contributed by atoms with Crippen LogP contribution in [-0.2, 0) is 28.7 Å². The summed E-state index contributed by atoms with van der Waals surface area (Å²) in [6.07, 6.45) is 1.57. The van der Waals surface area contributed by atoms with Crippen molar-refractivity contribution < 1.29 is 22.7 Å². The topological polar surface area (TPSA) is 90.7 Å². The highest BCUT2D eigenvalue weighted by Gasteiger charge is 2.27. The van der Waals surface area contributed by atoms with Crippen molar-refractivity contribution in [3.8, 4) is 11.5 Å². The second-order valence-corrected chi connectivity index (χ2v) is 11.9. The molecule has 0 N–H and O–H groups in total. The molecule has 2 heterocycles. The normalized spacial score (nSPS) is 12.6. The minimum atomic E-state index is -3.76. The highest BCUT2D eigenvalue weighted by Crippen LogP contribution is 2.33. The average molecular weight is 546 g/mol. The highest BCUT2D eigenvalue weighted by molar-refractivity contribution is 7.90. The lowest BCUT2D eigenvalue weighted by atomic mass is 10.1. The molecule has 0 bridgehead atoms. The Kier molecular flexibility index (Phi) is 7.70. The van der Waals surface area contributed by atoms with E-state index in [4.69, 9.17) is 9.47 Å². The van der Waals surface area contributed by atoms with Gasteiger partial charge in [0.25, 0.3) is 5.91 Å². The number of benzene rings is 3. The molecule has 39 heavy (non-hydrogen) atoms. The Bertz CT molecular complexity index is 1550. The summed E-state index contributed by atoms with van der Waals surface area (Å²) < 4.78 is 39.7. The van der Waals surface area contributed by atoms with E-state index in [-0.39, 0.29) is 36.1 Å². The van der Waals surface area contributed by atoms with E-state index in [0.29, 0.717) is 41.4 Å². The van der Waals surface area contributed by atoms with Gasteiger partial charge in [0.1, 0.15) is 0 Å². The summed E-state index contributed by atoms with van der Waals surface area (Å²) in [6, 6.07) is 23.8. The summed E-state index contributed by atoms with van der Waals surface area (Å²) in [5.41, 5.74) is 2.74. The van der Waals surface area contributed by atoms with Gasteiger partial charge in [-0.25, -0.2) is 13.4 Å². The zero-order chi connectivity index (χ0) is 27.4. The molecule has 0 radical (unpaired) electrons. The number of imidazole rings is 1. The minimum Gasteiger partial charge on any atom is -0.454 e. The Balaban J connectivity index is 1.50. The fourth-order valence-electron chi connectivity index (χ4n) is 4.63. The number of hydrogen-bond donors (Lipinski definition) is 0. The Labute approximate surface area is 228 Å². The zero-order valence-electron chi connectivity index (χ0n) is 22.0. The fourth-order valence-corrected chi connectivity index (χ4v) is 6.12. The van der Waals surface area contributed by atoms with Crippen molar-refractivity contribution in [1.82, 2.24) is 14.5 Å². The molecular formula is C30H31N3O5S. The van der Waals surface area contributed by atoms with Crippen molar-refractivity contribution >= 4 is 15.7 Å². The molecule has 9 heteroatoms. The molecule has 0 atom stereocenters. The molecule has 1 aliphatic heterocycles. The molecule has 0 saturated carbocycles. The van der Waals surface area contributed by atoms with E-state index >= 15 is 0 Å². The van der Waals surface area contributed by atoms with Crippen molar-refractivity contribution in [2.75, 3.05) is 13.3 Å². The molecule has 5 rings (SSSR count). The molecule has 0 unspecified atom stereocenters. The lowest BCUT2D eigenvalue weighted by Gasteiger charge is -2.25. The zero-order valence-corrected chi connectivity index (χ0v) is 22.8. The Morgan fingerprint density at radius 3 is 2.31 bits per heavy atom. The van der Waals surface area contributed by atoms with Gasteiger partial charge in [0, 0.05) is 12.1 Å². The average Bonchev–Trinajstić information content (AvgIpc) is 3.55. The van der Waals surface area contributed by atoms with Crippen LogP contribution in [0.4, 0.5) is 0 Å². The molecule has 1 aliphatic rings. The largest absolute Gasteiger partial charge is 0.454 e. The standard InChI is InChI=1S/C30H31N3O5S/c1-22(2)17-32(29(34)25-13-14-27-28(15-25)38-21-37-27)19-26-16-31-30(33(26)18-23-9-5-3-6-10-23)39(35,36)20-24-11-7-4-8-12-24/h3-16,22H,17-21H2,1-2H3. The third kappa shape index (κ3) is 6.15. The second kappa shape index (κ2) is 11.3. The van der Waals surface area contributed by atoms with Crippen molar-refractivity contribution in [2.24, 2.45) is 5.92 Å². The molecule has 3 aromatic carbocycles. The lowest BCUT2D eigenvalue weighted by Crippen LogP contribution is -2.34. The van der Waals surface area contributed by atoms with E-state index in [9.17, 15) is 13.2 Å². The molecule has 202 valence electrons. The molecule has 8 nitrogen and oxygen atoms in total. The van der Waals surface area contributed by atoms with Crippen LogP contribution in [0, 0.1) is 5.92 Å². The molecule has 0 saturated heterocycles. The monoisotopic (exact) mass is 545 g/mol. The lowest BCUT2D eigenvalue weighted by molar-refractivity contribution is 0.0718. The maximum atomic E-state index is 13.7. The summed E-state index contributed by atoms with van der Waals surface area (Å²) >= 11 is 0. The number of fused-ring (bicyclic) bond motifs is 1. The van der Waals surface area contributed by atoms with Gasteiger partial charge in [-0.3, -0.25) is 4.79 Å². The first-order valence-electron chi connectivity index (χ1n) is 12.8. The van der Waals surface area contributed by atoms with Gasteiger partial charge < -0.3 is 18.9 Å². The molecule has 0 aliphatic carbocycles. The number of hydrogen-bond acceptors (Lipinski definition) is 6. The van der Waals surface area contributed by atoms with Crippen LogP contribution >= 0.6 is 0 Å². The van der Waals surface area contributed by atoms with Crippen LogP contribution in [0.15, 0.2) is 90.2 Å². The van der Waals surface area contributed by atoms with Gasteiger partial charge in [-0.1, -0.05) is 74.5 Å². The molecular weight excluding hydrogens is 514 g/mol. The molecule has 1 aromatic heterocycles. The number of nitrogens with zero attached hydrogens (tertiary/aromatic N) is 3. The molecule has 0 spiro atoms. The summed E-state index contributed by atoms with van der Waals surface area (Å²) in [5, 5.41) is -0.00904. The van der Waals surface area contributed by atoms with Crippen molar-refractivity contribution in [3.63, 3.8) is 0 Å². The van der Waals surface area contributed by atoms with Crippen LogP contribution in [0.2, 0.25) is 0 Å². The van der Waals surface area contributed by atoms with E-state index < -0.39 is 9.84 Å². The smallest absolute Gasteiger partial charge is 0.254 e. The number of aromatic nitrogens is 2. The van der Waals surface area contributed by atoms with E-state index in [1.54, 1.807) is 46.0 Å². The van der Waals surface area contributed by atoms with Gasteiger partial charge in [-0.2, -0.15) is 0 Å². The van der Waals surface area contributed by atoms with Crippen molar-refractivity contribution in [3.05, 3.63) is 107 Å². The first-order valence-corrected chi connectivity index (χ1v) is 14.5. The number of carbonyl (C=O) groups is 1. The number of carbonyl (C=O) groups excluding carboxylic acids is 1. The maximum absolute atomic E-state index is 13.7. The fraction of sp³-hybridized carbons (Fsp3) is 0.267. The van der Waals surface area contributed by atoms with Gasteiger partial charge in [0.2, 0.25) is 21.8 Å². The first-order chi connectivity index (χ1) is 18.8. The van der Waals surface area contributed by atoms with Crippen LogP contribution in [0.3, 0.4) is 0 Å². The van der Waals surface area contributed by atoms with Crippen LogP contribution in [0.5, 0.6) is 11.5 Å². The van der Waals surface area contributed by atoms with Gasteiger partial charge in [-0.05, 0) is 35.2 Å². The molecule has 0 fully saturated rings. The van der Waals surface area contributed by atoms with Gasteiger partial charge in [-0.15, -0.1) is 0 Å². The maximum Gasteiger partial charge on any atom is 0.254 e. The molecule has 1 amide bonds. The highest BCUT2D eigenvalue weighted by atomic mass is 32.2. The SMILES string of the molecule is CC(C)CN(Cc1cnc(S(=O)(=O)Cc2ccccc2)n1Cc1ccccc1)C(=O)c1ccc2c(c1)OCO2. The minimum absolute atomic E-state index is 0.00904. The first kappa shape index (κ1) is 26.5. The summed E-state index contributed by atoms with van der Waals surface area (Å²) in [7, 11) is -3.76. The number of ether oxygens (including phenoxy) is 2. The summed E-state index contributed by atoms with van der Waals surface area (Å²) in [6.45, 7) is 5.20. The van der Waals surface area contributed by atoms with Gasteiger partial charge in [0.15, 0.2) is 11.5 Å². The van der Waals surface area contributed by atoms with E-state index in [0.717, 1.165) is 5.56 Å². The van der Waals surface area contributed by atoms with Crippen LogP contribution < -0.4 is 9.47 Å². The van der Waals surface area contributed by atoms with Gasteiger partial charge >= 0.3 is 0 Å². The Morgan fingerprint density at radius 2 is 1.62 bits per heavy atom. The number of amides is 1. The van der Waals surface area contributed by atoms with Crippen molar-refractivity contribution in [1.29, 1.82) is 0 Å². The molecule has 4 aromatic rings. The van der Waals surface area contributed by atoms with Crippen molar-refractivity contribution in [2.45, 2.75) is 37.8 Å². The van der Waals surface area contributed by atoms with Crippen LogP contribution in [0.25, 0.3) is 0 Å². The van der Waals surface area contributed by atoms with Gasteiger partial charge in [0.05, 0.1) is 30.7 Å². The van der Waals surface area contributed by atoms with E-state index in [1.165, 1.54) is 0 Å². The Morgan fingerprint density at radius 1 is 0.949 bits per heavy atom. The number of rotatable bonds is 10. The summed E-state index contributed by atoms with van der Waals surface area (Å²) in [4.78, 5) is 19.8. The summed E-state index contributed by atoms with van der Waals surface area (Å²) in [5.74, 6) is 0.994. The van der Waals surface area contributed by atoms with E-state index in [1.807, 2.05) is 62.4 Å². The predicted molar refractivity (Wildman–Crippen MR) is 147 cm³/mol. The second-order valence-electron chi connectivity index (χ2n) is 10.00. The van der Waals surface area contributed by atoms with E-state index in [2.05, 4.69) is 4.98 Å². The number of sulfone groups is 1. The van der Waals surface area contributed by atoms with Crippen LogP contribution in [0.1, 0.15) is 41.0 Å².